The highest BCUT2D eigenvalue weighted by atomic mass is 15.0. The van der Waals surface area contributed by atoms with Crippen molar-refractivity contribution in [3.05, 3.63) is 224 Å². The third-order valence-electron chi connectivity index (χ3n) is 12.8. The lowest BCUT2D eigenvalue weighted by molar-refractivity contribution is 1.07. The summed E-state index contributed by atoms with van der Waals surface area (Å²) in [5, 5.41) is 7.24. The van der Waals surface area contributed by atoms with E-state index in [9.17, 15) is 0 Å². The molecule has 0 spiro atoms. The molecule has 65 heavy (non-hydrogen) atoms. The molecule has 0 aliphatic rings. The fraction of sp³-hybridized carbons (Fsp3) is 0. The van der Waals surface area contributed by atoms with Gasteiger partial charge in [-0.2, -0.15) is 0 Å². The van der Waals surface area contributed by atoms with Gasteiger partial charge in [0.05, 0.1) is 33.1 Å². The second-order valence-electron chi connectivity index (χ2n) is 16.5. The van der Waals surface area contributed by atoms with Gasteiger partial charge in [0.1, 0.15) is 0 Å². The van der Waals surface area contributed by atoms with E-state index in [0.717, 1.165) is 72.4 Å². The molecular formula is C59H38N6. The summed E-state index contributed by atoms with van der Waals surface area (Å²) in [4.78, 5) is 16.0. The first-order valence-electron chi connectivity index (χ1n) is 21.9. The molecule has 0 fully saturated rings. The summed E-state index contributed by atoms with van der Waals surface area (Å²) in [7, 11) is 0. The maximum atomic E-state index is 5.34. The van der Waals surface area contributed by atoms with Crippen LogP contribution in [0.25, 0.3) is 123 Å². The van der Waals surface area contributed by atoms with Crippen LogP contribution in [-0.2, 0) is 0 Å². The molecule has 6 nitrogen and oxygen atoms in total. The minimum Gasteiger partial charge on any atom is -0.309 e. The SMILES string of the molecule is C=Cc1cc(-c2nc(-c3cccc(-n4c5ccccc5c5ccccc54)c3)nc(-c3cccc(-n4c5ccccc5c5ccccc54)c3)n2)cc(-n2c3ccccc3c3ccccc32)c1. The van der Waals surface area contributed by atoms with Gasteiger partial charge in [-0.1, -0.05) is 146 Å². The smallest absolute Gasteiger partial charge is 0.164 e. The maximum Gasteiger partial charge on any atom is 0.164 e. The lowest BCUT2D eigenvalue weighted by Gasteiger charge is -2.14. The fourth-order valence-corrected chi connectivity index (χ4v) is 9.94. The van der Waals surface area contributed by atoms with E-state index >= 15 is 0 Å². The van der Waals surface area contributed by atoms with Crippen molar-refractivity contribution in [3.8, 4) is 51.2 Å². The molecule has 0 aliphatic heterocycles. The van der Waals surface area contributed by atoms with Gasteiger partial charge in [0.25, 0.3) is 0 Å². The first-order chi connectivity index (χ1) is 32.2. The molecule has 0 unspecified atom stereocenters. The van der Waals surface area contributed by atoms with Crippen molar-refractivity contribution in [3.63, 3.8) is 0 Å². The number of nitrogens with zero attached hydrogens (tertiary/aromatic N) is 6. The minimum atomic E-state index is 0.570. The number of rotatable bonds is 7. The van der Waals surface area contributed by atoms with Crippen LogP contribution in [0.1, 0.15) is 5.56 Å². The van der Waals surface area contributed by atoms with Gasteiger partial charge in [-0.15, -0.1) is 0 Å². The average Bonchev–Trinajstić information content (AvgIpc) is 4.02. The van der Waals surface area contributed by atoms with E-state index in [2.05, 4.69) is 233 Å². The molecule has 0 N–H and O–H groups in total. The van der Waals surface area contributed by atoms with Crippen LogP contribution in [0, 0.1) is 0 Å². The van der Waals surface area contributed by atoms with Crippen molar-refractivity contribution in [2.24, 2.45) is 0 Å². The molecule has 13 aromatic rings. The lowest BCUT2D eigenvalue weighted by atomic mass is 10.1. The Bertz CT molecular complexity index is 3720. The fourth-order valence-electron chi connectivity index (χ4n) is 9.94. The highest BCUT2D eigenvalue weighted by Crippen LogP contribution is 2.37. The normalized spacial score (nSPS) is 11.8. The molecule has 0 bridgehead atoms. The van der Waals surface area contributed by atoms with Crippen molar-refractivity contribution in [2.75, 3.05) is 0 Å². The molecular weight excluding hydrogens is 793 g/mol. The summed E-state index contributed by atoms with van der Waals surface area (Å²) < 4.78 is 6.99. The van der Waals surface area contributed by atoms with E-state index in [1.54, 1.807) is 0 Å². The van der Waals surface area contributed by atoms with Crippen molar-refractivity contribution in [1.29, 1.82) is 0 Å². The Morgan fingerprint density at radius 1 is 0.292 bits per heavy atom. The van der Waals surface area contributed by atoms with Gasteiger partial charge in [-0.3, -0.25) is 0 Å². The van der Waals surface area contributed by atoms with E-state index in [4.69, 9.17) is 15.0 Å². The van der Waals surface area contributed by atoms with Gasteiger partial charge in [0.2, 0.25) is 0 Å². The van der Waals surface area contributed by atoms with E-state index in [1.807, 2.05) is 6.08 Å². The van der Waals surface area contributed by atoms with Gasteiger partial charge >= 0.3 is 0 Å². The van der Waals surface area contributed by atoms with Gasteiger partial charge in [-0.05, 0) is 84.4 Å². The summed E-state index contributed by atoms with van der Waals surface area (Å²) in [6, 6.07) is 75.1. The monoisotopic (exact) mass is 830 g/mol. The molecule has 4 aromatic heterocycles. The summed E-state index contributed by atoms with van der Waals surface area (Å²) in [5.41, 5.74) is 13.5. The minimum absolute atomic E-state index is 0.570. The van der Waals surface area contributed by atoms with Gasteiger partial charge < -0.3 is 13.7 Å². The summed E-state index contributed by atoms with van der Waals surface area (Å²) in [6.45, 7) is 4.23. The lowest BCUT2D eigenvalue weighted by Crippen LogP contribution is -2.03. The summed E-state index contributed by atoms with van der Waals surface area (Å²) in [5.74, 6) is 1.73. The third kappa shape index (κ3) is 5.85. The molecule has 0 radical (unpaired) electrons. The Balaban J connectivity index is 1.03. The third-order valence-corrected chi connectivity index (χ3v) is 12.8. The maximum absolute atomic E-state index is 5.34. The zero-order chi connectivity index (χ0) is 43.0. The van der Waals surface area contributed by atoms with Crippen molar-refractivity contribution >= 4 is 71.5 Å². The van der Waals surface area contributed by atoms with Gasteiger partial charge in [0, 0.05) is 66.1 Å². The first kappa shape index (κ1) is 36.8. The highest BCUT2D eigenvalue weighted by Gasteiger charge is 2.19. The molecule has 0 saturated heterocycles. The second kappa shape index (κ2) is 14.6. The second-order valence-corrected chi connectivity index (χ2v) is 16.5. The first-order valence-corrected chi connectivity index (χ1v) is 21.9. The average molecular weight is 831 g/mol. The Kier molecular flexibility index (Phi) is 8.26. The van der Waals surface area contributed by atoms with E-state index in [-0.39, 0.29) is 0 Å². The van der Waals surface area contributed by atoms with Crippen LogP contribution in [0.2, 0.25) is 0 Å². The topological polar surface area (TPSA) is 53.5 Å². The summed E-state index contributed by atoms with van der Waals surface area (Å²) in [6.07, 6.45) is 1.90. The molecule has 0 amide bonds. The molecule has 0 atom stereocenters. The molecule has 4 heterocycles. The van der Waals surface area contributed by atoms with E-state index < -0.39 is 0 Å². The van der Waals surface area contributed by atoms with Crippen molar-refractivity contribution in [1.82, 2.24) is 28.7 Å². The van der Waals surface area contributed by atoms with Crippen molar-refractivity contribution in [2.45, 2.75) is 0 Å². The van der Waals surface area contributed by atoms with Gasteiger partial charge in [-0.25, -0.2) is 15.0 Å². The van der Waals surface area contributed by atoms with Crippen LogP contribution in [0.15, 0.2) is 219 Å². The zero-order valence-electron chi connectivity index (χ0n) is 35.2. The predicted molar refractivity (Wildman–Crippen MR) is 269 cm³/mol. The highest BCUT2D eigenvalue weighted by molar-refractivity contribution is 6.11. The quantitative estimate of drug-likeness (QED) is 0.161. The Hall–Kier alpha value is -8.87. The Labute approximate surface area is 374 Å². The number of benzene rings is 9. The molecule has 0 aliphatic carbocycles. The summed E-state index contributed by atoms with van der Waals surface area (Å²) >= 11 is 0. The molecule has 304 valence electrons. The van der Waals surface area contributed by atoms with E-state index in [1.165, 1.54) is 32.3 Å². The van der Waals surface area contributed by atoms with Crippen LogP contribution in [0.3, 0.4) is 0 Å². The van der Waals surface area contributed by atoms with Crippen LogP contribution in [0.4, 0.5) is 0 Å². The van der Waals surface area contributed by atoms with Crippen LogP contribution < -0.4 is 0 Å². The Morgan fingerprint density at radius 3 is 0.954 bits per heavy atom. The Morgan fingerprint density at radius 2 is 0.600 bits per heavy atom. The predicted octanol–water partition coefficient (Wildman–Crippen LogP) is 14.8. The number of hydrogen-bond acceptors (Lipinski definition) is 3. The van der Waals surface area contributed by atoms with Crippen LogP contribution in [0.5, 0.6) is 0 Å². The number of aromatic nitrogens is 6. The largest absolute Gasteiger partial charge is 0.309 e. The van der Waals surface area contributed by atoms with Crippen LogP contribution in [-0.4, -0.2) is 28.7 Å². The van der Waals surface area contributed by atoms with Gasteiger partial charge in [0.15, 0.2) is 17.5 Å². The number of fused-ring (bicyclic) bond motifs is 9. The number of hydrogen-bond donors (Lipinski definition) is 0. The molecule has 0 saturated carbocycles. The van der Waals surface area contributed by atoms with Crippen LogP contribution >= 0.6 is 0 Å². The molecule has 6 heteroatoms. The number of para-hydroxylation sites is 6. The van der Waals surface area contributed by atoms with E-state index in [0.29, 0.717) is 17.5 Å². The standard InChI is InChI=1S/C59H38N6/c1-2-38-33-41(37-44(34-38)65-55-31-13-7-25-49(55)50-26-8-14-32-56(50)65)59-61-57(39-17-15-19-42(35-39)63-51-27-9-3-21-45(51)46-22-4-10-28-52(46)63)60-58(62-59)40-18-16-20-43(36-40)64-53-29-11-5-23-47(53)48-24-6-12-30-54(48)64/h2-37H,1H2. The van der Waals surface area contributed by atoms with Crippen molar-refractivity contribution < 1.29 is 0 Å². The molecule has 13 rings (SSSR count). The molecule has 9 aromatic carbocycles. The zero-order valence-corrected chi connectivity index (χ0v) is 35.2.